The quantitative estimate of drug-likeness (QED) is 0.633. The lowest BCUT2D eigenvalue weighted by Gasteiger charge is -2.12. The number of nitrogens with one attached hydrogen (secondary N) is 1. The van der Waals surface area contributed by atoms with E-state index < -0.39 is 0 Å². The van der Waals surface area contributed by atoms with Gasteiger partial charge in [-0.1, -0.05) is 0 Å². The Balaban J connectivity index is 1.98. The molecule has 7 heteroatoms. The molecular weight excluding hydrogens is 266 g/mol. The Bertz CT molecular complexity index is 507. The number of benzene rings is 1. The molecule has 0 radical (unpaired) electrons. The maximum absolute atomic E-state index is 11.9. The van der Waals surface area contributed by atoms with Gasteiger partial charge in [0.1, 0.15) is 5.75 Å². The maximum Gasteiger partial charge on any atom is 0.324 e. The fourth-order valence-corrected chi connectivity index (χ4v) is 2.56. The number of nitrogens with zero attached hydrogens (tertiary/aromatic N) is 1. The Morgan fingerprint density at radius 1 is 1.58 bits per heavy atom. The van der Waals surface area contributed by atoms with E-state index >= 15 is 0 Å². The molecule has 1 heterocycles. The van der Waals surface area contributed by atoms with E-state index in [1.54, 1.807) is 25.3 Å². The molecule has 0 saturated carbocycles. The van der Waals surface area contributed by atoms with Crippen LogP contribution in [-0.4, -0.2) is 42.8 Å². The molecule has 0 spiro atoms. The lowest BCUT2D eigenvalue weighted by molar-refractivity contribution is -0.124. The van der Waals surface area contributed by atoms with Gasteiger partial charge in [-0.2, -0.15) is 0 Å². The van der Waals surface area contributed by atoms with Crippen LogP contribution in [0.4, 0.5) is 10.5 Å². The molecule has 2 rings (SSSR count). The molecule has 3 N–H and O–H groups in total. The van der Waals surface area contributed by atoms with Gasteiger partial charge in [-0.15, -0.1) is 11.8 Å². The number of methoxy groups -OCH3 is 1. The normalized spacial score (nSPS) is 14.4. The largest absolute Gasteiger partial charge is 0.497 e. The van der Waals surface area contributed by atoms with Crippen LogP contribution in [0.15, 0.2) is 23.1 Å². The highest BCUT2D eigenvalue weighted by Gasteiger charge is 2.25. The third-order valence-electron chi connectivity index (χ3n) is 2.73. The van der Waals surface area contributed by atoms with Crippen molar-refractivity contribution in [2.45, 2.75) is 4.90 Å². The fraction of sp³-hybridized carbons (Fsp3) is 0.333. The summed E-state index contributed by atoms with van der Waals surface area (Å²) in [5, 5.41) is 2.59. The van der Waals surface area contributed by atoms with Gasteiger partial charge in [-0.25, -0.2) is 4.79 Å². The zero-order valence-electron chi connectivity index (χ0n) is 10.5. The van der Waals surface area contributed by atoms with Gasteiger partial charge in [0.25, 0.3) is 0 Å². The fourth-order valence-electron chi connectivity index (χ4n) is 1.69. The van der Waals surface area contributed by atoms with Gasteiger partial charge in [0.15, 0.2) is 0 Å². The zero-order chi connectivity index (χ0) is 13.8. The molecule has 6 nitrogen and oxygen atoms in total. The second-order valence-electron chi connectivity index (χ2n) is 3.97. The predicted octanol–water partition coefficient (Wildman–Crippen LogP) is 0.921. The number of nitrogen functional groups attached to an aromatic ring is 1. The molecule has 0 unspecified atom stereocenters. The first-order chi connectivity index (χ1) is 9.11. The SMILES string of the molecule is COc1ccc(N)c(SCC(=O)N2CCNC2=O)c1. The first-order valence-electron chi connectivity index (χ1n) is 5.76. The topological polar surface area (TPSA) is 84.7 Å². The molecule has 1 aliphatic heterocycles. The highest BCUT2D eigenvalue weighted by Crippen LogP contribution is 2.29. The van der Waals surface area contributed by atoms with Crippen LogP contribution in [0.3, 0.4) is 0 Å². The van der Waals surface area contributed by atoms with E-state index in [9.17, 15) is 9.59 Å². The number of carbonyl (C=O) groups excluding carboxylic acids is 2. The first-order valence-corrected chi connectivity index (χ1v) is 6.75. The summed E-state index contributed by atoms with van der Waals surface area (Å²) in [7, 11) is 1.57. The lowest BCUT2D eigenvalue weighted by atomic mass is 10.3. The zero-order valence-corrected chi connectivity index (χ0v) is 11.3. The minimum absolute atomic E-state index is 0.171. The Morgan fingerprint density at radius 3 is 3.00 bits per heavy atom. The molecule has 1 fully saturated rings. The van der Waals surface area contributed by atoms with Crippen LogP contribution in [0.5, 0.6) is 5.75 Å². The van der Waals surface area contributed by atoms with E-state index in [4.69, 9.17) is 10.5 Å². The van der Waals surface area contributed by atoms with Crippen LogP contribution in [0.1, 0.15) is 0 Å². The van der Waals surface area contributed by atoms with Crippen molar-refractivity contribution in [1.29, 1.82) is 0 Å². The van der Waals surface area contributed by atoms with Gasteiger partial charge in [0.2, 0.25) is 5.91 Å². The van der Waals surface area contributed by atoms with E-state index in [-0.39, 0.29) is 17.7 Å². The van der Waals surface area contributed by atoms with Crippen molar-refractivity contribution < 1.29 is 14.3 Å². The predicted molar refractivity (Wildman–Crippen MR) is 73.2 cm³/mol. The number of amides is 3. The monoisotopic (exact) mass is 281 g/mol. The van der Waals surface area contributed by atoms with Crippen molar-refractivity contribution in [3.05, 3.63) is 18.2 Å². The molecule has 102 valence electrons. The lowest BCUT2D eigenvalue weighted by Crippen LogP contribution is -2.35. The summed E-state index contributed by atoms with van der Waals surface area (Å²) in [5.41, 5.74) is 6.42. The molecule has 0 aromatic heterocycles. The third kappa shape index (κ3) is 3.11. The second kappa shape index (κ2) is 5.83. The average Bonchev–Trinajstić information content (AvgIpc) is 2.84. The van der Waals surface area contributed by atoms with Crippen LogP contribution < -0.4 is 15.8 Å². The Hall–Kier alpha value is -1.89. The smallest absolute Gasteiger partial charge is 0.324 e. The molecule has 3 amide bonds. The van der Waals surface area contributed by atoms with E-state index in [1.165, 1.54) is 16.7 Å². The van der Waals surface area contributed by atoms with Gasteiger partial charge in [0, 0.05) is 23.7 Å². The highest BCUT2D eigenvalue weighted by atomic mass is 32.2. The highest BCUT2D eigenvalue weighted by molar-refractivity contribution is 8.00. The molecule has 1 aromatic rings. The van der Waals surface area contributed by atoms with Crippen LogP contribution in [0.2, 0.25) is 0 Å². The summed E-state index contributed by atoms with van der Waals surface area (Å²) in [6.45, 7) is 0.933. The van der Waals surface area contributed by atoms with E-state index in [2.05, 4.69) is 5.32 Å². The van der Waals surface area contributed by atoms with Gasteiger partial charge in [-0.3, -0.25) is 9.69 Å². The molecule has 1 aliphatic rings. The first kappa shape index (κ1) is 13.5. The summed E-state index contributed by atoms with van der Waals surface area (Å²) >= 11 is 1.30. The number of rotatable bonds is 4. The minimum atomic E-state index is -0.329. The number of imide groups is 1. The van der Waals surface area contributed by atoms with E-state index in [0.717, 1.165) is 4.90 Å². The third-order valence-corrected chi connectivity index (χ3v) is 3.79. The van der Waals surface area contributed by atoms with Gasteiger partial charge in [0.05, 0.1) is 12.9 Å². The van der Waals surface area contributed by atoms with Crippen molar-refractivity contribution >= 4 is 29.4 Å². The number of anilines is 1. The number of thioether (sulfide) groups is 1. The van der Waals surface area contributed by atoms with Crippen molar-refractivity contribution in [2.75, 3.05) is 31.7 Å². The molecule has 1 aromatic carbocycles. The van der Waals surface area contributed by atoms with Crippen molar-refractivity contribution in [3.8, 4) is 5.75 Å². The van der Waals surface area contributed by atoms with Crippen LogP contribution in [0.25, 0.3) is 0 Å². The van der Waals surface area contributed by atoms with E-state index in [0.29, 0.717) is 24.5 Å². The van der Waals surface area contributed by atoms with Crippen LogP contribution in [-0.2, 0) is 4.79 Å². The summed E-state index contributed by atoms with van der Waals surface area (Å²) in [5.74, 6) is 0.635. The Labute approximate surface area is 115 Å². The average molecular weight is 281 g/mol. The summed E-state index contributed by atoms with van der Waals surface area (Å²) in [6.07, 6.45) is 0. The minimum Gasteiger partial charge on any atom is -0.497 e. The van der Waals surface area contributed by atoms with Crippen LogP contribution in [0, 0.1) is 0 Å². The van der Waals surface area contributed by atoms with Crippen molar-refractivity contribution in [3.63, 3.8) is 0 Å². The molecule has 1 saturated heterocycles. The number of ether oxygens (including phenoxy) is 1. The maximum atomic E-state index is 11.9. The van der Waals surface area contributed by atoms with Gasteiger partial charge >= 0.3 is 6.03 Å². The Morgan fingerprint density at radius 2 is 2.37 bits per heavy atom. The molecule has 0 aliphatic carbocycles. The van der Waals surface area contributed by atoms with Crippen molar-refractivity contribution in [2.24, 2.45) is 0 Å². The molecule has 0 bridgehead atoms. The number of carbonyl (C=O) groups is 2. The van der Waals surface area contributed by atoms with Crippen molar-refractivity contribution in [1.82, 2.24) is 10.2 Å². The number of hydrogen-bond acceptors (Lipinski definition) is 5. The summed E-state index contributed by atoms with van der Waals surface area (Å²) in [4.78, 5) is 25.2. The number of urea groups is 1. The summed E-state index contributed by atoms with van der Waals surface area (Å²) < 4.78 is 5.11. The summed E-state index contributed by atoms with van der Waals surface area (Å²) in [6, 6.07) is 4.94. The van der Waals surface area contributed by atoms with Gasteiger partial charge in [-0.05, 0) is 18.2 Å². The van der Waals surface area contributed by atoms with E-state index in [1.807, 2.05) is 0 Å². The molecule has 0 atom stereocenters. The Kier molecular flexibility index (Phi) is 4.16. The molecular formula is C12H15N3O3S. The van der Waals surface area contributed by atoms with Gasteiger partial charge < -0.3 is 15.8 Å². The van der Waals surface area contributed by atoms with Crippen LogP contribution >= 0.6 is 11.8 Å². The number of nitrogens with two attached hydrogens (primary N) is 1. The number of hydrogen-bond donors (Lipinski definition) is 2. The second-order valence-corrected chi connectivity index (χ2v) is 4.99. The standard InChI is InChI=1S/C12H15N3O3S/c1-18-8-2-3-9(13)10(6-8)19-7-11(16)15-5-4-14-12(15)17/h2-3,6H,4-5,7,13H2,1H3,(H,14,17). The molecule has 19 heavy (non-hydrogen) atoms.